The van der Waals surface area contributed by atoms with E-state index in [1.165, 1.54) is 0 Å². The maximum atomic E-state index is 12.1. The van der Waals surface area contributed by atoms with E-state index < -0.39 is 18.1 Å². The Morgan fingerprint density at radius 3 is 2.17 bits per heavy atom. The Bertz CT molecular complexity index is 489. The number of carbonyl (C=O) groups is 2. The van der Waals surface area contributed by atoms with Crippen molar-refractivity contribution >= 4 is 12.1 Å². The zero-order chi connectivity index (χ0) is 17.3. The van der Waals surface area contributed by atoms with E-state index in [1.54, 1.807) is 0 Å². The van der Waals surface area contributed by atoms with Crippen molar-refractivity contribution in [3.63, 3.8) is 0 Å². The molecule has 1 aromatic rings. The highest BCUT2D eigenvalue weighted by Gasteiger charge is 2.36. The van der Waals surface area contributed by atoms with Gasteiger partial charge in [0.05, 0.1) is 6.42 Å². The molecule has 1 atom stereocenters. The van der Waals surface area contributed by atoms with Gasteiger partial charge in [0.1, 0.15) is 6.61 Å². The van der Waals surface area contributed by atoms with Crippen LogP contribution in [-0.4, -0.2) is 23.2 Å². The zero-order valence-corrected chi connectivity index (χ0v) is 14.2. The molecule has 0 aliphatic rings. The van der Waals surface area contributed by atoms with Gasteiger partial charge in [0, 0.05) is 6.04 Å². The Morgan fingerprint density at radius 1 is 1.13 bits per heavy atom. The first kappa shape index (κ1) is 19.0. The van der Waals surface area contributed by atoms with Crippen LogP contribution >= 0.6 is 0 Å². The number of hydrogen-bond donors (Lipinski definition) is 2. The molecule has 0 bridgehead atoms. The molecule has 1 amide bonds. The average Bonchev–Trinajstić information content (AvgIpc) is 2.55. The number of amides is 1. The zero-order valence-electron chi connectivity index (χ0n) is 14.2. The summed E-state index contributed by atoms with van der Waals surface area (Å²) in [5, 5.41) is 11.9. The first-order chi connectivity index (χ1) is 11.0. The van der Waals surface area contributed by atoms with Gasteiger partial charge in [-0.3, -0.25) is 4.79 Å². The Labute approximate surface area is 138 Å². The van der Waals surface area contributed by atoms with Crippen LogP contribution in [0.5, 0.6) is 0 Å². The van der Waals surface area contributed by atoms with Crippen molar-refractivity contribution in [2.75, 3.05) is 0 Å². The fraction of sp³-hybridized carbons (Fsp3) is 0.556. The van der Waals surface area contributed by atoms with E-state index in [0.29, 0.717) is 0 Å². The van der Waals surface area contributed by atoms with Gasteiger partial charge in [-0.15, -0.1) is 0 Å². The smallest absolute Gasteiger partial charge is 0.407 e. The van der Waals surface area contributed by atoms with Crippen molar-refractivity contribution < 1.29 is 19.4 Å². The molecular weight excluding hydrogens is 294 g/mol. The standard InChI is InChI=1S/C18H27NO4/c1-4-18(5-2,6-3)15(12-16(20)21)19-17(22)23-13-14-10-8-7-9-11-14/h7-11,15H,4-6,12-13H2,1-3H3,(H,19,22)(H,20,21). The summed E-state index contributed by atoms with van der Waals surface area (Å²) in [5.41, 5.74) is 0.662. The Balaban J connectivity index is 2.72. The number of aliphatic carboxylic acids is 1. The molecule has 0 aliphatic carbocycles. The molecule has 0 saturated carbocycles. The third kappa shape index (κ3) is 5.58. The number of carboxylic acid groups (broad SMARTS) is 1. The topological polar surface area (TPSA) is 75.6 Å². The summed E-state index contributed by atoms with van der Waals surface area (Å²) in [4.78, 5) is 23.2. The molecule has 128 valence electrons. The monoisotopic (exact) mass is 321 g/mol. The molecule has 1 unspecified atom stereocenters. The molecule has 23 heavy (non-hydrogen) atoms. The lowest BCUT2D eigenvalue weighted by Gasteiger charge is -2.38. The minimum Gasteiger partial charge on any atom is -0.481 e. The second-order valence-corrected chi connectivity index (χ2v) is 5.78. The lowest BCUT2D eigenvalue weighted by molar-refractivity contribution is -0.138. The van der Waals surface area contributed by atoms with Gasteiger partial charge < -0.3 is 15.2 Å². The minimum absolute atomic E-state index is 0.101. The summed E-state index contributed by atoms with van der Waals surface area (Å²) in [7, 11) is 0. The summed E-state index contributed by atoms with van der Waals surface area (Å²) >= 11 is 0. The SMILES string of the molecule is CCC(CC)(CC)C(CC(=O)O)NC(=O)OCc1ccccc1. The highest BCUT2D eigenvalue weighted by molar-refractivity contribution is 5.71. The molecule has 0 heterocycles. The van der Waals surface area contributed by atoms with Gasteiger partial charge in [-0.2, -0.15) is 0 Å². The second kappa shape index (κ2) is 9.18. The third-order valence-corrected chi connectivity index (χ3v) is 4.74. The highest BCUT2D eigenvalue weighted by Crippen LogP contribution is 2.36. The van der Waals surface area contributed by atoms with Gasteiger partial charge in [-0.25, -0.2) is 4.79 Å². The van der Waals surface area contributed by atoms with Gasteiger partial charge in [0.15, 0.2) is 0 Å². The molecule has 0 saturated heterocycles. The molecule has 1 aromatic carbocycles. The van der Waals surface area contributed by atoms with Gasteiger partial charge in [-0.05, 0) is 30.2 Å². The first-order valence-corrected chi connectivity index (χ1v) is 8.16. The highest BCUT2D eigenvalue weighted by atomic mass is 16.5. The van der Waals surface area contributed by atoms with Crippen LogP contribution in [0.4, 0.5) is 4.79 Å². The van der Waals surface area contributed by atoms with Crippen molar-refractivity contribution in [2.45, 2.75) is 59.1 Å². The number of benzene rings is 1. The van der Waals surface area contributed by atoms with E-state index in [9.17, 15) is 9.59 Å². The van der Waals surface area contributed by atoms with Crippen LogP contribution in [0, 0.1) is 5.41 Å². The first-order valence-electron chi connectivity index (χ1n) is 8.16. The van der Waals surface area contributed by atoms with Crippen LogP contribution < -0.4 is 5.32 Å². The fourth-order valence-electron chi connectivity index (χ4n) is 2.99. The van der Waals surface area contributed by atoms with Gasteiger partial charge >= 0.3 is 12.1 Å². The second-order valence-electron chi connectivity index (χ2n) is 5.78. The third-order valence-electron chi connectivity index (χ3n) is 4.74. The van der Waals surface area contributed by atoms with E-state index in [1.807, 2.05) is 51.1 Å². The van der Waals surface area contributed by atoms with Gasteiger partial charge in [-0.1, -0.05) is 51.1 Å². The number of nitrogens with one attached hydrogen (secondary N) is 1. The lowest BCUT2D eigenvalue weighted by Crippen LogP contribution is -2.48. The van der Waals surface area contributed by atoms with Crippen molar-refractivity contribution in [3.05, 3.63) is 35.9 Å². The van der Waals surface area contributed by atoms with Crippen molar-refractivity contribution in [3.8, 4) is 0 Å². The molecule has 2 N–H and O–H groups in total. The quantitative estimate of drug-likeness (QED) is 0.721. The normalized spacial score (nSPS) is 12.5. The van der Waals surface area contributed by atoms with Crippen LogP contribution in [0.2, 0.25) is 0 Å². The van der Waals surface area contributed by atoms with Gasteiger partial charge in [0.25, 0.3) is 0 Å². The summed E-state index contributed by atoms with van der Waals surface area (Å²) in [5.74, 6) is -0.918. The van der Waals surface area contributed by atoms with E-state index in [-0.39, 0.29) is 18.4 Å². The summed E-state index contributed by atoms with van der Waals surface area (Å²) < 4.78 is 5.23. The summed E-state index contributed by atoms with van der Waals surface area (Å²) in [6.45, 7) is 6.25. The minimum atomic E-state index is -0.918. The largest absolute Gasteiger partial charge is 0.481 e. The Hall–Kier alpha value is -2.04. The molecular formula is C18H27NO4. The Kier molecular flexibility index (Phi) is 7.59. The molecule has 0 fully saturated rings. The summed E-state index contributed by atoms with van der Waals surface area (Å²) in [6, 6.07) is 8.95. The maximum Gasteiger partial charge on any atom is 0.407 e. The van der Waals surface area contributed by atoms with Gasteiger partial charge in [0.2, 0.25) is 0 Å². The maximum absolute atomic E-state index is 12.1. The molecule has 5 heteroatoms. The predicted octanol–water partition coefficient (Wildman–Crippen LogP) is 3.97. The molecule has 0 spiro atoms. The van der Waals surface area contributed by atoms with E-state index in [0.717, 1.165) is 24.8 Å². The predicted molar refractivity (Wildman–Crippen MR) is 89.1 cm³/mol. The number of rotatable bonds is 9. The Morgan fingerprint density at radius 2 is 1.70 bits per heavy atom. The van der Waals surface area contributed by atoms with E-state index in [4.69, 9.17) is 9.84 Å². The molecule has 5 nitrogen and oxygen atoms in total. The van der Waals surface area contributed by atoms with Crippen molar-refractivity contribution in [2.24, 2.45) is 5.41 Å². The number of ether oxygens (including phenoxy) is 1. The van der Waals surface area contributed by atoms with Crippen molar-refractivity contribution in [1.82, 2.24) is 5.32 Å². The molecule has 0 aromatic heterocycles. The summed E-state index contributed by atoms with van der Waals surface area (Å²) in [6.07, 6.45) is 1.74. The van der Waals surface area contributed by atoms with E-state index >= 15 is 0 Å². The van der Waals surface area contributed by atoms with E-state index in [2.05, 4.69) is 5.32 Å². The lowest BCUT2D eigenvalue weighted by atomic mass is 9.72. The van der Waals surface area contributed by atoms with Crippen LogP contribution in [0.15, 0.2) is 30.3 Å². The van der Waals surface area contributed by atoms with Crippen LogP contribution in [0.3, 0.4) is 0 Å². The fourth-order valence-corrected chi connectivity index (χ4v) is 2.99. The number of carboxylic acids is 1. The van der Waals surface area contributed by atoms with Crippen LogP contribution in [-0.2, 0) is 16.1 Å². The van der Waals surface area contributed by atoms with Crippen LogP contribution in [0.1, 0.15) is 52.0 Å². The van der Waals surface area contributed by atoms with Crippen LogP contribution in [0.25, 0.3) is 0 Å². The number of carbonyl (C=O) groups excluding carboxylic acids is 1. The number of alkyl carbamates (subject to hydrolysis) is 1. The molecule has 0 aliphatic heterocycles. The molecule has 1 rings (SSSR count). The van der Waals surface area contributed by atoms with Crippen molar-refractivity contribution in [1.29, 1.82) is 0 Å². The number of hydrogen-bond acceptors (Lipinski definition) is 3. The molecule has 0 radical (unpaired) electrons. The average molecular weight is 321 g/mol.